The number of benzene rings is 1. The molecule has 0 unspecified atom stereocenters. The van der Waals surface area contributed by atoms with E-state index in [2.05, 4.69) is 10.6 Å². The second-order valence-electron chi connectivity index (χ2n) is 4.37. The lowest BCUT2D eigenvalue weighted by Gasteiger charge is -2.16. The first-order chi connectivity index (χ1) is 9.02. The first kappa shape index (κ1) is 15.9. The van der Waals surface area contributed by atoms with Crippen molar-refractivity contribution >= 4 is 23.2 Å². The van der Waals surface area contributed by atoms with Gasteiger partial charge < -0.3 is 10.6 Å². The van der Waals surface area contributed by atoms with E-state index in [1.807, 2.05) is 19.0 Å². The van der Waals surface area contributed by atoms with E-state index in [0.717, 1.165) is 19.5 Å². The number of amides is 1. The molecule has 0 bridgehead atoms. The van der Waals surface area contributed by atoms with Crippen molar-refractivity contribution in [3.8, 4) is 0 Å². The van der Waals surface area contributed by atoms with E-state index in [0.29, 0.717) is 5.02 Å². The van der Waals surface area contributed by atoms with Crippen LogP contribution < -0.4 is 10.6 Å². The first-order valence-electron chi connectivity index (χ1n) is 6.11. The number of halogens is 2. The van der Waals surface area contributed by atoms with Gasteiger partial charge in [-0.25, -0.2) is 4.39 Å². The summed E-state index contributed by atoms with van der Waals surface area (Å²) >= 11 is 5.64. The van der Waals surface area contributed by atoms with Crippen LogP contribution in [0, 0.1) is 5.82 Å². The third-order valence-corrected chi connectivity index (χ3v) is 2.82. The summed E-state index contributed by atoms with van der Waals surface area (Å²) in [7, 11) is 3.74. The van der Waals surface area contributed by atoms with Crippen molar-refractivity contribution in [2.24, 2.45) is 0 Å². The summed E-state index contributed by atoms with van der Waals surface area (Å²) in [4.78, 5) is 13.6. The molecule has 1 aromatic rings. The maximum atomic E-state index is 13.5. The van der Waals surface area contributed by atoms with Crippen molar-refractivity contribution in [1.82, 2.24) is 10.2 Å². The number of hydrogen-bond acceptors (Lipinski definition) is 3. The zero-order chi connectivity index (χ0) is 14.3. The lowest BCUT2D eigenvalue weighted by atomic mass is 10.3. The van der Waals surface area contributed by atoms with Crippen molar-refractivity contribution in [2.75, 3.05) is 39.0 Å². The van der Waals surface area contributed by atoms with Crippen LogP contribution in [-0.2, 0) is 4.79 Å². The molecule has 0 atom stereocenters. The molecule has 0 aliphatic carbocycles. The smallest absolute Gasteiger partial charge is 0.238 e. The largest absolute Gasteiger partial charge is 0.322 e. The lowest BCUT2D eigenvalue weighted by Crippen LogP contribution is -2.32. The summed E-state index contributed by atoms with van der Waals surface area (Å²) in [5.74, 6) is -0.771. The molecule has 0 fully saturated rings. The fraction of sp³-hybridized carbons (Fsp3) is 0.462. The van der Waals surface area contributed by atoms with Crippen LogP contribution in [0.15, 0.2) is 18.2 Å². The van der Waals surface area contributed by atoms with Crippen molar-refractivity contribution < 1.29 is 9.18 Å². The van der Waals surface area contributed by atoms with E-state index in [9.17, 15) is 9.18 Å². The number of anilines is 1. The fourth-order valence-electron chi connectivity index (χ4n) is 1.63. The van der Waals surface area contributed by atoms with Crippen LogP contribution >= 0.6 is 11.6 Å². The van der Waals surface area contributed by atoms with E-state index < -0.39 is 5.82 Å². The Hall–Kier alpha value is -1.17. The summed E-state index contributed by atoms with van der Waals surface area (Å²) < 4.78 is 13.5. The average molecular weight is 288 g/mol. The normalized spacial score (nSPS) is 10.8. The zero-order valence-electron chi connectivity index (χ0n) is 11.2. The van der Waals surface area contributed by atoms with Crippen LogP contribution in [-0.4, -0.2) is 44.5 Å². The second-order valence-corrected chi connectivity index (χ2v) is 4.80. The van der Waals surface area contributed by atoms with Gasteiger partial charge in [-0.15, -0.1) is 0 Å². The third-order valence-electron chi connectivity index (χ3n) is 2.59. The van der Waals surface area contributed by atoms with Gasteiger partial charge in [0.05, 0.1) is 12.2 Å². The van der Waals surface area contributed by atoms with E-state index >= 15 is 0 Å². The molecule has 0 heterocycles. The number of carbonyl (C=O) groups is 1. The third kappa shape index (κ3) is 6.00. The Morgan fingerprint density at radius 3 is 2.84 bits per heavy atom. The molecule has 0 aromatic heterocycles. The molecule has 2 N–H and O–H groups in total. The molecule has 0 saturated carbocycles. The summed E-state index contributed by atoms with van der Waals surface area (Å²) in [5, 5.41) is 5.87. The second kappa shape index (κ2) is 8.09. The van der Waals surface area contributed by atoms with Crippen molar-refractivity contribution in [1.29, 1.82) is 0 Å². The minimum atomic E-state index is -0.529. The summed E-state index contributed by atoms with van der Waals surface area (Å²) in [6.45, 7) is 1.93. The van der Waals surface area contributed by atoms with Gasteiger partial charge in [0.25, 0.3) is 0 Å². The van der Waals surface area contributed by atoms with E-state index in [1.54, 1.807) is 0 Å². The molecule has 6 heteroatoms. The quantitative estimate of drug-likeness (QED) is 0.754. The predicted octanol–water partition coefficient (Wildman–Crippen LogP) is 1.96. The van der Waals surface area contributed by atoms with Crippen LogP contribution in [0.4, 0.5) is 10.1 Å². The fourth-order valence-corrected chi connectivity index (χ4v) is 1.79. The highest BCUT2D eigenvalue weighted by atomic mass is 35.5. The van der Waals surface area contributed by atoms with E-state index in [-0.39, 0.29) is 18.1 Å². The number of rotatable bonds is 7. The monoisotopic (exact) mass is 287 g/mol. The number of nitrogens with one attached hydrogen (secondary N) is 2. The van der Waals surface area contributed by atoms with E-state index in [4.69, 9.17) is 11.6 Å². The molecule has 1 amide bonds. The number of hydrogen-bond donors (Lipinski definition) is 2. The summed E-state index contributed by atoms with van der Waals surface area (Å²) in [6, 6.07) is 4.17. The van der Waals surface area contributed by atoms with Crippen molar-refractivity contribution in [2.45, 2.75) is 6.42 Å². The maximum absolute atomic E-state index is 13.5. The topological polar surface area (TPSA) is 44.4 Å². The molecule has 1 aromatic carbocycles. The molecular formula is C13H19ClFN3O. The zero-order valence-corrected chi connectivity index (χ0v) is 11.9. The van der Waals surface area contributed by atoms with Gasteiger partial charge in [0.2, 0.25) is 5.91 Å². The van der Waals surface area contributed by atoms with Gasteiger partial charge in [-0.3, -0.25) is 9.69 Å². The van der Waals surface area contributed by atoms with Crippen LogP contribution in [0.1, 0.15) is 6.42 Å². The molecule has 0 aliphatic rings. The van der Waals surface area contributed by atoms with Gasteiger partial charge in [0, 0.05) is 5.02 Å². The number of nitrogens with zero attached hydrogens (tertiary/aromatic N) is 1. The minimum Gasteiger partial charge on any atom is -0.322 e. The standard InChI is InChI=1S/C13H19ClFN3O/c1-16-6-3-7-18(2)9-13(19)17-12-5-4-10(14)8-11(12)15/h4-5,8,16H,3,6-7,9H2,1-2H3,(H,17,19). The average Bonchev–Trinajstić information content (AvgIpc) is 2.33. The lowest BCUT2D eigenvalue weighted by molar-refractivity contribution is -0.117. The van der Waals surface area contributed by atoms with Gasteiger partial charge in [-0.05, 0) is 51.8 Å². The highest BCUT2D eigenvalue weighted by Gasteiger charge is 2.09. The van der Waals surface area contributed by atoms with Crippen molar-refractivity contribution in [3.63, 3.8) is 0 Å². The Kier molecular flexibility index (Phi) is 6.77. The van der Waals surface area contributed by atoms with Gasteiger partial charge in [-0.1, -0.05) is 11.6 Å². The predicted molar refractivity (Wildman–Crippen MR) is 76.1 cm³/mol. The molecule has 0 radical (unpaired) electrons. The van der Waals surface area contributed by atoms with Gasteiger partial charge in [0.1, 0.15) is 5.82 Å². The first-order valence-corrected chi connectivity index (χ1v) is 6.48. The molecule has 1 rings (SSSR count). The van der Waals surface area contributed by atoms with E-state index in [1.165, 1.54) is 18.2 Å². The Balaban J connectivity index is 2.42. The van der Waals surface area contributed by atoms with Crippen LogP contribution in [0.2, 0.25) is 5.02 Å². The molecule has 106 valence electrons. The number of likely N-dealkylation sites (N-methyl/N-ethyl adjacent to an activating group) is 1. The molecule has 0 aliphatic heterocycles. The van der Waals surface area contributed by atoms with Gasteiger partial charge in [-0.2, -0.15) is 0 Å². The van der Waals surface area contributed by atoms with Crippen molar-refractivity contribution in [3.05, 3.63) is 29.0 Å². The van der Waals surface area contributed by atoms with Crippen LogP contribution in [0.5, 0.6) is 0 Å². The summed E-state index contributed by atoms with van der Waals surface area (Å²) in [6.07, 6.45) is 0.954. The van der Waals surface area contributed by atoms with Crippen LogP contribution in [0.25, 0.3) is 0 Å². The Bertz CT molecular complexity index is 428. The summed E-state index contributed by atoms with van der Waals surface area (Å²) in [5.41, 5.74) is 0.151. The highest BCUT2D eigenvalue weighted by molar-refractivity contribution is 6.30. The molecular weight excluding hydrogens is 269 g/mol. The minimum absolute atomic E-state index is 0.151. The number of carbonyl (C=O) groups excluding carboxylic acids is 1. The Labute approximate surface area is 117 Å². The molecule has 0 saturated heterocycles. The van der Waals surface area contributed by atoms with Crippen LogP contribution in [0.3, 0.4) is 0 Å². The molecule has 19 heavy (non-hydrogen) atoms. The maximum Gasteiger partial charge on any atom is 0.238 e. The van der Waals surface area contributed by atoms with Gasteiger partial charge >= 0.3 is 0 Å². The van der Waals surface area contributed by atoms with Gasteiger partial charge in [0.15, 0.2) is 0 Å². The molecule has 4 nitrogen and oxygen atoms in total. The highest BCUT2D eigenvalue weighted by Crippen LogP contribution is 2.18. The molecule has 0 spiro atoms. The Morgan fingerprint density at radius 2 is 2.21 bits per heavy atom. The Morgan fingerprint density at radius 1 is 1.47 bits per heavy atom. The SMILES string of the molecule is CNCCCN(C)CC(=O)Nc1ccc(Cl)cc1F.